The summed E-state index contributed by atoms with van der Waals surface area (Å²) in [5.41, 5.74) is 1.92. The molecule has 4 aromatic rings. The van der Waals surface area contributed by atoms with Gasteiger partial charge in [0, 0.05) is 12.7 Å². The highest BCUT2D eigenvalue weighted by molar-refractivity contribution is 5.92. The molecule has 2 heterocycles. The Morgan fingerprint density at radius 2 is 1.64 bits per heavy atom. The summed E-state index contributed by atoms with van der Waals surface area (Å²) in [4.78, 5) is 16.8. The Labute approximate surface area is 161 Å². The number of benzene rings is 2. The first kappa shape index (κ1) is 17.7. The Balaban J connectivity index is 1.64. The van der Waals surface area contributed by atoms with Gasteiger partial charge in [-0.1, -0.05) is 48.5 Å². The van der Waals surface area contributed by atoms with Crippen molar-refractivity contribution in [3.63, 3.8) is 0 Å². The van der Waals surface area contributed by atoms with Gasteiger partial charge in [0.1, 0.15) is 17.1 Å². The minimum absolute atomic E-state index is 0.0633. The van der Waals surface area contributed by atoms with Crippen LogP contribution in [0.5, 0.6) is 0 Å². The van der Waals surface area contributed by atoms with Gasteiger partial charge < -0.3 is 8.98 Å². The molecule has 138 valence electrons. The number of nitrogens with zero attached hydrogens (tertiary/aromatic N) is 2. The number of hydrogen-bond donors (Lipinski definition) is 0. The summed E-state index contributed by atoms with van der Waals surface area (Å²) < 4.78 is 21.4. The minimum atomic E-state index is -0.518. The molecule has 0 unspecified atom stereocenters. The second kappa shape index (κ2) is 7.88. The second-order valence-corrected chi connectivity index (χ2v) is 6.23. The minimum Gasteiger partial charge on any atom is -0.451 e. The predicted molar refractivity (Wildman–Crippen MR) is 104 cm³/mol. The van der Waals surface area contributed by atoms with Crippen LogP contribution in [0.15, 0.2) is 101 Å². The largest absolute Gasteiger partial charge is 0.451 e. The Morgan fingerprint density at radius 1 is 0.893 bits per heavy atom. The van der Waals surface area contributed by atoms with Crippen molar-refractivity contribution in [3.8, 4) is 11.3 Å². The van der Waals surface area contributed by atoms with Crippen LogP contribution < -0.4 is 5.49 Å². The summed E-state index contributed by atoms with van der Waals surface area (Å²) in [5, 5.41) is 0. The summed E-state index contributed by atoms with van der Waals surface area (Å²) in [6.45, 7) is 0.590. The van der Waals surface area contributed by atoms with E-state index in [1.54, 1.807) is 30.3 Å². The summed E-state index contributed by atoms with van der Waals surface area (Å²) >= 11 is 0. The molecule has 0 saturated heterocycles. The zero-order valence-electron chi connectivity index (χ0n) is 15.0. The van der Waals surface area contributed by atoms with E-state index in [9.17, 15) is 9.18 Å². The first-order chi connectivity index (χ1) is 13.7. The van der Waals surface area contributed by atoms with Gasteiger partial charge in [0.05, 0.1) is 5.56 Å². The smallest absolute Gasteiger partial charge is 0.314 e. The monoisotopic (exact) mass is 372 g/mol. The van der Waals surface area contributed by atoms with E-state index in [1.807, 2.05) is 53.2 Å². The molecule has 0 spiro atoms. The predicted octanol–water partition coefficient (Wildman–Crippen LogP) is 4.68. The molecule has 0 fully saturated rings. The highest BCUT2D eigenvalue weighted by Crippen LogP contribution is 2.24. The molecule has 0 saturated carbocycles. The normalized spacial score (nSPS) is 11.5. The SMILES string of the molecule is O=C(N=c1ccccn1Cc1ccccc1)c1ccc(-c2ccccc2F)o1. The van der Waals surface area contributed by atoms with E-state index < -0.39 is 11.7 Å². The Hall–Kier alpha value is -3.73. The van der Waals surface area contributed by atoms with Gasteiger partial charge in [-0.05, 0) is 42.0 Å². The van der Waals surface area contributed by atoms with Crippen LogP contribution in [-0.4, -0.2) is 10.5 Å². The highest BCUT2D eigenvalue weighted by Gasteiger charge is 2.14. The van der Waals surface area contributed by atoms with Gasteiger partial charge in [-0.3, -0.25) is 4.79 Å². The zero-order valence-corrected chi connectivity index (χ0v) is 15.0. The van der Waals surface area contributed by atoms with E-state index in [0.29, 0.717) is 23.4 Å². The fraction of sp³-hybridized carbons (Fsp3) is 0.0435. The van der Waals surface area contributed by atoms with Crippen molar-refractivity contribution < 1.29 is 13.6 Å². The lowest BCUT2D eigenvalue weighted by Gasteiger charge is -2.07. The highest BCUT2D eigenvalue weighted by atomic mass is 19.1. The van der Waals surface area contributed by atoms with Gasteiger partial charge in [-0.2, -0.15) is 4.99 Å². The molecule has 4 nitrogen and oxygen atoms in total. The van der Waals surface area contributed by atoms with Crippen molar-refractivity contribution in [2.75, 3.05) is 0 Å². The number of rotatable bonds is 4. The van der Waals surface area contributed by atoms with Crippen molar-refractivity contribution in [2.24, 2.45) is 4.99 Å². The van der Waals surface area contributed by atoms with E-state index in [2.05, 4.69) is 4.99 Å². The summed E-state index contributed by atoms with van der Waals surface area (Å²) in [6, 6.07) is 24.7. The molecule has 28 heavy (non-hydrogen) atoms. The molecular weight excluding hydrogens is 355 g/mol. The third-order valence-corrected chi connectivity index (χ3v) is 4.28. The van der Waals surface area contributed by atoms with Gasteiger partial charge in [0.15, 0.2) is 5.76 Å². The fourth-order valence-electron chi connectivity index (χ4n) is 2.90. The Morgan fingerprint density at radius 3 is 2.46 bits per heavy atom. The van der Waals surface area contributed by atoms with Gasteiger partial charge >= 0.3 is 5.91 Å². The van der Waals surface area contributed by atoms with Crippen molar-refractivity contribution in [1.29, 1.82) is 0 Å². The topological polar surface area (TPSA) is 47.5 Å². The van der Waals surface area contributed by atoms with E-state index in [1.165, 1.54) is 12.1 Å². The molecule has 0 bridgehead atoms. The molecule has 5 heteroatoms. The van der Waals surface area contributed by atoms with Gasteiger partial charge in [-0.25, -0.2) is 4.39 Å². The number of amides is 1. The number of aromatic nitrogens is 1. The Bertz CT molecular complexity index is 1180. The maximum Gasteiger partial charge on any atom is 0.314 e. The molecule has 0 radical (unpaired) electrons. The third kappa shape index (κ3) is 3.83. The standard InChI is InChI=1S/C23H17FN2O2/c24-19-11-5-4-10-18(19)20-13-14-21(28-20)23(27)25-22-12-6-7-15-26(22)16-17-8-2-1-3-9-17/h1-15H,16H2. The first-order valence-corrected chi connectivity index (χ1v) is 8.84. The van der Waals surface area contributed by atoms with Crippen LogP contribution in [-0.2, 0) is 6.54 Å². The van der Waals surface area contributed by atoms with Crippen molar-refractivity contribution in [3.05, 3.63) is 114 Å². The number of furan rings is 1. The van der Waals surface area contributed by atoms with Gasteiger partial charge in [0.25, 0.3) is 0 Å². The van der Waals surface area contributed by atoms with Crippen LogP contribution in [0.2, 0.25) is 0 Å². The van der Waals surface area contributed by atoms with Crippen molar-refractivity contribution >= 4 is 5.91 Å². The van der Waals surface area contributed by atoms with Crippen LogP contribution in [0.3, 0.4) is 0 Å². The van der Waals surface area contributed by atoms with Gasteiger partial charge in [-0.15, -0.1) is 0 Å². The first-order valence-electron chi connectivity index (χ1n) is 8.84. The van der Waals surface area contributed by atoms with Crippen molar-refractivity contribution in [1.82, 2.24) is 4.57 Å². The lowest BCUT2D eigenvalue weighted by molar-refractivity contribution is 0.0971. The number of carbonyl (C=O) groups excluding carboxylic acids is 1. The lowest BCUT2D eigenvalue weighted by Crippen LogP contribution is -2.22. The fourth-order valence-corrected chi connectivity index (χ4v) is 2.90. The average molecular weight is 372 g/mol. The van der Waals surface area contributed by atoms with Crippen LogP contribution in [0, 0.1) is 5.82 Å². The Kier molecular flexibility index (Phi) is 4.97. The molecule has 1 amide bonds. The number of pyridine rings is 1. The van der Waals surface area contributed by atoms with Crippen LogP contribution in [0.4, 0.5) is 4.39 Å². The summed E-state index contributed by atoms with van der Waals surface area (Å²) in [6.07, 6.45) is 1.87. The molecule has 0 aliphatic carbocycles. The molecular formula is C23H17FN2O2. The zero-order chi connectivity index (χ0) is 19.3. The van der Waals surface area contributed by atoms with E-state index in [0.717, 1.165) is 5.56 Å². The lowest BCUT2D eigenvalue weighted by atomic mass is 10.1. The summed E-state index contributed by atoms with van der Waals surface area (Å²) in [7, 11) is 0. The second-order valence-electron chi connectivity index (χ2n) is 6.23. The van der Waals surface area contributed by atoms with E-state index >= 15 is 0 Å². The van der Waals surface area contributed by atoms with E-state index in [4.69, 9.17) is 4.42 Å². The van der Waals surface area contributed by atoms with Crippen molar-refractivity contribution in [2.45, 2.75) is 6.54 Å². The van der Waals surface area contributed by atoms with Crippen LogP contribution in [0.25, 0.3) is 11.3 Å². The molecule has 0 atom stereocenters. The van der Waals surface area contributed by atoms with Crippen LogP contribution >= 0.6 is 0 Å². The van der Waals surface area contributed by atoms with Gasteiger partial charge in [0.2, 0.25) is 0 Å². The van der Waals surface area contributed by atoms with E-state index in [-0.39, 0.29) is 5.76 Å². The third-order valence-electron chi connectivity index (χ3n) is 4.28. The number of hydrogen-bond acceptors (Lipinski definition) is 2. The van der Waals surface area contributed by atoms with Crippen LogP contribution in [0.1, 0.15) is 16.1 Å². The molecule has 4 rings (SSSR count). The molecule has 2 aromatic heterocycles. The maximum absolute atomic E-state index is 13.9. The summed E-state index contributed by atoms with van der Waals surface area (Å²) in [5.74, 6) is -0.567. The average Bonchev–Trinajstić information content (AvgIpc) is 3.21. The molecule has 0 aliphatic rings. The maximum atomic E-state index is 13.9. The number of halogens is 1. The molecule has 2 aromatic carbocycles. The number of carbonyl (C=O) groups is 1. The molecule has 0 N–H and O–H groups in total. The quantitative estimate of drug-likeness (QED) is 0.522. The molecule has 0 aliphatic heterocycles.